The number of urea groups is 1. The second kappa shape index (κ2) is 6.07. The van der Waals surface area contributed by atoms with Crippen LogP contribution < -0.4 is 5.32 Å². The minimum absolute atomic E-state index is 0.131. The number of likely N-dealkylation sites (tertiary alicyclic amines) is 1. The largest absolute Gasteiger partial charge is 0.391 e. The fraction of sp³-hybridized carbons (Fsp3) is 0.462. The summed E-state index contributed by atoms with van der Waals surface area (Å²) >= 11 is 5.87. The van der Waals surface area contributed by atoms with E-state index in [2.05, 4.69) is 5.32 Å². The van der Waals surface area contributed by atoms with Crippen LogP contribution in [0.4, 0.5) is 4.79 Å². The molecule has 0 spiro atoms. The Balaban J connectivity index is 1.84. The molecule has 18 heavy (non-hydrogen) atoms. The molecule has 0 radical (unpaired) electrons. The van der Waals surface area contributed by atoms with Crippen molar-refractivity contribution >= 4 is 17.6 Å². The molecule has 1 unspecified atom stereocenters. The van der Waals surface area contributed by atoms with Gasteiger partial charge in [0.2, 0.25) is 0 Å². The zero-order valence-electron chi connectivity index (χ0n) is 10.1. The Kier molecular flexibility index (Phi) is 4.44. The summed E-state index contributed by atoms with van der Waals surface area (Å²) in [6.45, 7) is 1.58. The standard InChI is InChI=1S/C13H17ClN2O2/c14-11-4-1-3-10(7-11)8-15-13(18)16-6-2-5-12(17)9-16/h1,3-4,7,12,17H,2,5-6,8-9H2,(H,15,18). The van der Waals surface area contributed by atoms with Crippen molar-refractivity contribution < 1.29 is 9.90 Å². The smallest absolute Gasteiger partial charge is 0.317 e. The number of piperidine rings is 1. The highest BCUT2D eigenvalue weighted by Gasteiger charge is 2.21. The van der Waals surface area contributed by atoms with Crippen molar-refractivity contribution in [3.8, 4) is 0 Å². The van der Waals surface area contributed by atoms with Gasteiger partial charge in [0.05, 0.1) is 6.10 Å². The number of nitrogens with zero attached hydrogens (tertiary/aromatic N) is 1. The fourth-order valence-corrected chi connectivity index (χ4v) is 2.29. The number of hydrogen-bond acceptors (Lipinski definition) is 2. The highest BCUT2D eigenvalue weighted by atomic mass is 35.5. The van der Waals surface area contributed by atoms with Crippen molar-refractivity contribution in [2.45, 2.75) is 25.5 Å². The molecule has 2 rings (SSSR count). The first-order valence-corrected chi connectivity index (χ1v) is 6.48. The molecule has 0 aromatic heterocycles. The minimum atomic E-state index is -0.393. The lowest BCUT2D eigenvalue weighted by atomic mass is 10.1. The van der Waals surface area contributed by atoms with Crippen LogP contribution in [-0.2, 0) is 6.54 Å². The van der Waals surface area contributed by atoms with Gasteiger partial charge in [0.25, 0.3) is 0 Å². The fourth-order valence-electron chi connectivity index (χ4n) is 2.08. The molecule has 1 saturated heterocycles. The van der Waals surface area contributed by atoms with Gasteiger partial charge < -0.3 is 15.3 Å². The average Bonchev–Trinajstić information content (AvgIpc) is 2.36. The lowest BCUT2D eigenvalue weighted by Crippen LogP contribution is -2.46. The SMILES string of the molecule is O=C(NCc1cccc(Cl)c1)N1CCCC(O)C1. The first-order chi connectivity index (χ1) is 8.65. The number of nitrogens with one attached hydrogen (secondary N) is 1. The summed E-state index contributed by atoms with van der Waals surface area (Å²) in [4.78, 5) is 13.5. The number of amides is 2. The molecule has 0 bridgehead atoms. The topological polar surface area (TPSA) is 52.6 Å². The highest BCUT2D eigenvalue weighted by molar-refractivity contribution is 6.30. The molecule has 0 saturated carbocycles. The lowest BCUT2D eigenvalue weighted by Gasteiger charge is -2.30. The van der Waals surface area contributed by atoms with E-state index in [1.807, 2.05) is 18.2 Å². The summed E-state index contributed by atoms with van der Waals surface area (Å²) in [5, 5.41) is 13.0. The highest BCUT2D eigenvalue weighted by Crippen LogP contribution is 2.12. The van der Waals surface area contributed by atoms with E-state index in [-0.39, 0.29) is 6.03 Å². The Labute approximate surface area is 112 Å². The van der Waals surface area contributed by atoms with E-state index in [4.69, 9.17) is 11.6 Å². The second-order valence-electron chi connectivity index (χ2n) is 4.53. The zero-order chi connectivity index (χ0) is 13.0. The predicted molar refractivity (Wildman–Crippen MR) is 70.5 cm³/mol. The number of carbonyl (C=O) groups is 1. The monoisotopic (exact) mass is 268 g/mol. The van der Waals surface area contributed by atoms with E-state index >= 15 is 0 Å². The molecular formula is C13H17ClN2O2. The van der Waals surface area contributed by atoms with Gasteiger partial charge in [-0.05, 0) is 30.5 Å². The lowest BCUT2D eigenvalue weighted by molar-refractivity contribution is 0.0842. The molecule has 5 heteroatoms. The van der Waals surface area contributed by atoms with Crippen LogP contribution in [0.3, 0.4) is 0 Å². The van der Waals surface area contributed by atoms with Crippen LogP contribution in [-0.4, -0.2) is 35.2 Å². The van der Waals surface area contributed by atoms with Crippen molar-refractivity contribution in [3.63, 3.8) is 0 Å². The van der Waals surface area contributed by atoms with Gasteiger partial charge in [-0.25, -0.2) is 4.79 Å². The molecule has 4 nitrogen and oxygen atoms in total. The molecule has 0 aliphatic carbocycles. The van der Waals surface area contributed by atoms with Gasteiger partial charge in [0, 0.05) is 24.7 Å². The molecule has 2 N–H and O–H groups in total. The molecular weight excluding hydrogens is 252 g/mol. The Bertz CT molecular complexity index is 425. The van der Waals surface area contributed by atoms with E-state index in [1.54, 1.807) is 11.0 Å². The minimum Gasteiger partial charge on any atom is -0.391 e. The van der Waals surface area contributed by atoms with Gasteiger partial charge in [-0.1, -0.05) is 23.7 Å². The van der Waals surface area contributed by atoms with Crippen molar-refractivity contribution in [1.29, 1.82) is 0 Å². The van der Waals surface area contributed by atoms with Crippen molar-refractivity contribution in [3.05, 3.63) is 34.9 Å². The maximum absolute atomic E-state index is 11.9. The number of rotatable bonds is 2. The van der Waals surface area contributed by atoms with Crippen molar-refractivity contribution in [2.24, 2.45) is 0 Å². The Hall–Kier alpha value is -1.26. The first-order valence-electron chi connectivity index (χ1n) is 6.10. The summed E-state index contributed by atoms with van der Waals surface area (Å²) in [5.41, 5.74) is 0.966. The molecule has 1 atom stereocenters. The molecule has 1 aromatic rings. The number of hydrogen-bond donors (Lipinski definition) is 2. The van der Waals surface area contributed by atoms with Crippen LogP contribution in [0.25, 0.3) is 0 Å². The average molecular weight is 269 g/mol. The van der Waals surface area contributed by atoms with E-state index < -0.39 is 6.10 Å². The van der Waals surface area contributed by atoms with Crippen LogP contribution >= 0.6 is 11.6 Å². The molecule has 1 aliphatic heterocycles. The number of β-amino-alcohol motifs (C(OH)–C–C–N with tert-alkyl or cyclic N) is 1. The van der Waals surface area contributed by atoms with E-state index in [1.165, 1.54) is 0 Å². The maximum atomic E-state index is 11.9. The third kappa shape index (κ3) is 3.62. The van der Waals surface area contributed by atoms with Gasteiger partial charge in [-0.3, -0.25) is 0 Å². The number of halogens is 1. The molecule has 1 aromatic carbocycles. The Morgan fingerprint density at radius 3 is 3.11 bits per heavy atom. The van der Waals surface area contributed by atoms with Gasteiger partial charge in [0.15, 0.2) is 0 Å². The summed E-state index contributed by atoms with van der Waals surface area (Å²) in [6, 6.07) is 7.26. The Morgan fingerprint density at radius 1 is 1.56 bits per heavy atom. The van der Waals surface area contributed by atoms with Gasteiger partial charge in [-0.15, -0.1) is 0 Å². The van der Waals surface area contributed by atoms with E-state index in [0.717, 1.165) is 18.4 Å². The summed E-state index contributed by atoms with van der Waals surface area (Å²) in [6.07, 6.45) is 1.24. The second-order valence-corrected chi connectivity index (χ2v) is 4.97. The number of carbonyl (C=O) groups excluding carboxylic acids is 1. The third-order valence-corrected chi connectivity index (χ3v) is 3.25. The molecule has 1 fully saturated rings. The normalized spacial score (nSPS) is 19.7. The number of benzene rings is 1. The maximum Gasteiger partial charge on any atom is 0.317 e. The summed E-state index contributed by atoms with van der Waals surface area (Å²) in [7, 11) is 0. The molecule has 98 valence electrons. The van der Waals surface area contributed by atoms with Crippen LogP contribution in [0, 0.1) is 0 Å². The predicted octanol–water partition coefficient (Wildman–Crippen LogP) is 2.01. The summed E-state index contributed by atoms with van der Waals surface area (Å²) in [5.74, 6) is 0. The number of aliphatic hydroxyl groups is 1. The van der Waals surface area contributed by atoms with Gasteiger partial charge in [-0.2, -0.15) is 0 Å². The van der Waals surface area contributed by atoms with Gasteiger partial charge >= 0.3 is 6.03 Å². The third-order valence-electron chi connectivity index (χ3n) is 3.02. The van der Waals surface area contributed by atoms with E-state index in [9.17, 15) is 9.90 Å². The first kappa shape index (κ1) is 13.2. The van der Waals surface area contributed by atoms with Crippen LogP contribution in [0.1, 0.15) is 18.4 Å². The zero-order valence-corrected chi connectivity index (χ0v) is 10.9. The number of aliphatic hydroxyl groups excluding tert-OH is 1. The van der Waals surface area contributed by atoms with E-state index in [0.29, 0.717) is 24.7 Å². The molecule has 1 aliphatic rings. The quantitative estimate of drug-likeness (QED) is 0.862. The van der Waals surface area contributed by atoms with Gasteiger partial charge in [0.1, 0.15) is 0 Å². The van der Waals surface area contributed by atoms with Crippen LogP contribution in [0.2, 0.25) is 5.02 Å². The summed E-state index contributed by atoms with van der Waals surface area (Å²) < 4.78 is 0. The molecule has 2 amide bonds. The van der Waals surface area contributed by atoms with Crippen molar-refractivity contribution in [1.82, 2.24) is 10.2 Å². The Morgan fingerprint density at radius 2 is 2.39 bits per heavy atom. The van der Waals surface area contributed by atoms with Crippen molar-refractivity contribution in [2.75, 3.05) is 13.1 Å². The molecule has 1 heterocycles. The van der Waals surface area contributed by atoms with Crippen LogP contribution in [0.5, 0.6) is 0 Å². The van der Waals surface area contributed by atoms with Crippen LogP contribution in [0.15, 0.2) is 24.3 Å².